The third-order valence-electron chi connectivity index (χ3n) is 1.98. The molecular weight excluding hydrogens is 156 g/mol. The summed E-state index contributed by atoms with van der Waals surface area (Å²) in [6, 6.07) is 0. The molecule has 1 rings (SSSR count). The van der Waals surface area contributed by atoms with E-state index in [1.54, 1.807) is 13.8 Å². The first-order chi connectivity index (χ1) is 5.57. The van der Waals surface area contributed by atoms with Gasteiger partial charge in [-0.25, -0.2) is 0 Å². The summed E-state index contributed by atoms with van der Waals surface area (Å²) in [5.41, 5.74) is 0.972. The number of hydrogen-bond donors (Lipinski definition) is 0. The highest BCUT2D eigenvalue weighted by Gasteiger charge is 2.23. The number of methoxy groups -OCH3 is 1. The summed E-state index contributed by atoms with van der Waals surface area (Å²) in [6.07, 6.45) is 1.23. The number of Topliss-reactive ketones (excluding diaryl/α,β-unsaturated/α-hetero) is 1. The number of allylic oxidation sites excluding steroid dienone is 3. The van der Waals surface area contributed by atoms with Crippen LogP contribution in [0, 0.1) is 0 Å². The van der Waals surface area contributed by atoms with Crippen molar-refractivity contribution >= 4 is 11.6 Å². The average Bonchev–Trinajstić information content (AvgIpc) is 2.08. The van der Waals surface area contributed by atoms with Crippen molar-refractivity contribution in [2.24, 2.45) is 0 Å². The summed E-state index contributed by atoms with van der Waals surface area (Å²) in [7, 11) is 1.38. The maximum atomic E-state index is 11.3. The van der Waals surface area contributed by atoms with E-state index < -0.39 is 0 Å². The van der Waals surface area contributed by atoms with E-state index in [1.807, 2.05) is 0 Å². The molecule has 0 aliphatic heterocycles. The lowest BCUT2D eigenvalue weighted by atomic mass is 9.96. The summed E-state index contributed by atoms with van der Waals surface area (Å²) in [5.74, 6) is -0.221. The Kier molecular flexibility index (Phi) is 2.13. The molecule has 1 aliphatic rings. The fourth-order valence-electron chi connectivity index (χ4n) is 0.984. The fourth-order valence-corrected chi connectivity index (χ4v) is 0.984. The van der Waals surface area contributed by atoms with Crippen molar-refractivity contribution in [3.63, 3.8) is 0 Å². The molecule has 0 bridgehead atoms. The van der Waals surface area contributed by atoms with Crippen LogP contribution in [0.15, 0.2) is 23.0 Å². The van der Waals surface area contributed by atoms with Gasteiger partial charge in [-0.2, -0.15) is 0 Å². The number of carbonyl (C=O) groups is 2. The lowest BCUT2D eigenvalue weighted by molar-refractivity contribution is -0.118. The van der Waals surface area contributed by atoms with Gasteiger partial charge in [0.1, 0.15) is 0 Å². The number of hydrogen-bond acceptors (Lipinski definition) is 3. The predicted octanol–water partition coefficient (Wildman–Crippen LogP) is 1.00. The van der Waals surface area contributed by atoms with Gasteiger partial charge in [-0.05, 0) is 13.8 Å². The van der Waals surface area contributed by atoms with Crippen molar-refractivity contribution in [1.29, 1.82) is 0 Å². The second kappa shape index (κ2) is 2.93. The fraction of sp³-hybridized carbons (Fsp3) is 0.333. The monoisotopic (exact) mass is 166 g/mol. The summed E-state index contributed by atoms with van der Waals surface area (Å²) in [4.78, 5) is 22.5. The zero-order valence-electron chi connectivity index (χ0n) is 7.30. The zero-order valence-corrected chi connectivity index (χ0v) is 7.30. The molecule has 0 unspecified atom stereocenters. The van der Waals surface area contributed by atoms with Gasteiger partial charge >= 0.3 is 0 Å². The molecular formula is C9H10O3. The Labute approximate surface area is 70.7 Å². The Morgan fingerprint density at radius 3 is 2.25 bits per heavy atom. The molecule has 0 atom stereocenters. The van der Waals surface area contributed by atoms with E-state index in [9.17, 15) is 9.59 Å². The number of ketones is 2. The van der Waals surface area contributed by atoms with Crippen LogP contribution in [0.1, 0.15) is 13.8 Å². The number of ether oxygens (including phenoxy) is 1. The van der Waals surface area contributed by atoms with Gasteiger partial charge in [0.05, 0.1) is 7.11 Å². The topological polar surface area (TPSA) is 43.4 Å². The summed E-state index contributed by atoms with van der Waals surface area (Å²) >= 11 is 0. The predicted molar refractivity (Wildman–Crippen MR) is 43.5 cm³/mol. The van der Waals surface area contributed by atoms with Crippen molar-refractivity contribution in [3.8, 4) is 0 Å². The first-order valence-corrected chi connectivity index (χ1v) is 3.60. The van der Waals surface area contributed by atoms with Crippen LogP contribution >= 0.6 is 0 Å². The normalized spacial score (nSPS) is 18.1. The number of rotatable bonds is 1. The van der Waals surface area contributed by atoms with Crippen LogP contribution in [0.5, 0.6) is 0 Å². The Morgan fingerprint density at radius 2 is 1.75 bits per heavy atom. The van der Waals surface area contributed by atoms with E-state index in [-0.39, 0.29) is 17.3 Å². The second-order valence-corrected chi connectivity index (χ2v) is 2.66. The summed E-state index contributed by atoms with van der Waals surface area (Å²) < 4.78 is 4.75. The molecule has 0 radical (unpaired) electrons. The quantitative estimate of drug-likeness (QED) is 0.546. The van der Waals surface area contributed by atoms with E-state index in [4.69, 9.17) is 4.74 Å². The average molecular weight is 166 g/mol. The Balaban J connectivity index is 3.13. The molecule has 3 nitrogen and oxygen atoms in total. The smallest absolute Gasteiger partial charge is 0.223 e. The molecule has 12 heavy (non-hydrogen) atoms. The van der Waals surface area contributed by atoms with Gasteiger partial charge in [-0.15, -0.1) is 0 Å². The lowest BCUT2D eigenvalue weighted by Gasteiger charge is -2.12. The van der Waals surface area contributed by atoms with Crippen LogP contribution < -0.4 is 0 Å². The first kappa shape index (κ1) is 8.71. The van der Waals surface area contributed by atoms with Crippen molar-refractivity contribution in [2.75, 3.05) is 7.11 Å². The molecule has 64 valence electrons. The van der Waals surface area contributed by atoms with Crippen LogP contribution in [0.25, 0.3) is 0 Å². The van der Waals surface area contributed by atoms with Crippen LogP contribution in [-0.2, 0) is 14.3 Å². The molecule has 3 heteroatoms. The molecule has 0 fully saturated rings. The summed E-state index contributed by atoms with van der Waals surface area (Å²) in [6.45, 7) is 3.26. The van der Waals surface area contributed by atoms with Crippen LogP contribution in [0.3, 0.4) is 0 Å². The van der Waals surface area contributed by atoms with Crippen molar-refractivity contribution in [2.45, 2.75) is 13.8 Å². The van der Waals surface area contributed by atoms with Gasteiger partial charge in [-0.1, -0.05) is 0 Å². The Morgan fingerprint density at radius 1 is 1.17 bits per heavy atom. The molecule has 0 aromatic carbocycles. The van der Waals surface area contributed by atoms with Crippen LogP contribution in [0.4, 0.5) is 0 Å². The van der Waals surface area contributed by atoms with Crippen molar-refractivity contribution in [1.82, 2.24) is 0 Å². The highest BCUT2D eigenvalue weighted by atomic mass is 16.5. The lowest BCUT2D eigenvalue weighted by Crippen LogP contribution is -2.17. The summed E-state index contributed by atoms with van der Waals surface area (Å²) in [5, 5.41) is 0. The van der Waals surface area contributed by atoms with Crippen LogP contribution in [0.2, 0.25) is 0 Å². The first-order valence-electron chi connectivity index (χ1n) is 3.60. The van der Waals surface area contributed by atoms with Gasteiger partial charge < -0.3 is 4.74 Å². The van der Waals surface area contributed by atoms with E-state index >= 15 is 0 Å². The van der Waals surface area contributed by atoms with E-state index in [0.717, 1.165) is 0 Å². The van der Waals surface area contributed by atoms with Crippen molar-refractivity contribution in [3.05, 3.63) is 23.0 Å². The third-order valence-corrected chi connectivity index (χ3v) is 1.98. The molecule has 0 aromatic rings. The van der Waals surface area contributed by atoms with Gasteiger partial charge in [0.25, 0.3) is 0 Å². The number of carbonyl (C=O) groups excluding carboxylic acids is 2. The largest absolute Gasteiger partial charge is 0.493 e. The van der Waals surface area contributed by atoms with E-state index in [0.29, 0.717) is 11.1 Å². The van der Waals surface area contributed by atoms with Gasteiger partial charge in [0.15, 0.2) is 11.5 Å². The Bertz CT molecular complexity index is 308. The second-order valence-electron chi connectivity index (χ2n) is 2.66. The molecule has 0 saturated carbocycles. The molecule has 0 aromatic heterocycles. The van der Waals surface area contributed by atoms with Gasteiger partial charge in [0, 0.05) is 17.2 Å². The zero-order chi connectivity index (χ0) is 9.30. The molecule has 0 N–H and O–H groups in total. The molecule has 0 saturated heterocycles. The molecule has 1 aliphatic carbocycles. The molecule has 0 amide bonds. The minimum atomic E-state index is -0.199. The highest BCUT2D eigenvalue weighted by molar-refractivity contribution is 6.21. The molecule has 0 heterocycles. The highest BCUT2D eigenvalue weighted by Crippen LogP contribution is 2.18. The van der Waals surface area contributed by atoms with Crippen molar-refractivity contribution < 1.29 is 14.3 Å². The van der Waals surface area contributed by atoms with Gasteiger partial charge in [0.2, 0.25) is 5.78 Å². The standard InChI is InChI=1S/C9H10O3/c1-5-6(2)9(11)8(12-3)4-7(5)10/h4H,1-3H3. The SMILES string of the molecule is COC1=CC(=O)C(C)=C(C)C1=O. The van der Waals surface area contributed by atoms with E-state index in [2.05, 4.69) is 0 Å². The third kappa shape index (κ3) is 1.18. The molecule has 0 spiro atoms. The maximum Gasteiger partial charge on any atom is 0.223 e. The Hall–Kier alpha value is -1.38. The van der Waals surface area contributed by atoms with Gasteiger partial charge in [-0.3, -0.25) is 9.59 Å². The van der Waals surface area contributed by atoms with E-state index in [1.165, 1.54) is 13.2 Å². The minimum absolute atomic E-state index is 0.128. The maximum absolute atomic E-state index is 11.3. The minimum Gasteiger partial charge on any atom is -0.493 e. The van der Waals surface area contributed by atoms with Crippen LogP contribution in [-0.4, -0.2) is 18.7 Å².